The lowest BCUT2D eigenvalue weighted by Crippen LogP contribution is -2.57. The van der Waals surface area contributed by atoms with Gasteiger partial charge in [-0.2, -0.15) is 0 Å². The Labute approximate surface area is 248 Å². The number of phenolic OH excluding ortho intramolecular Hbond substituents is 1. The zero-order valence-corrected chi connectivity index (χ0v) is 25.4. The lowest BCUT2D eigenvalue weighted by molar-refractivity contribution is -0.146. The van der Waals surface area contributed by atoms with E-state index in [2.05, 4.69) is 10.6 Å². The summed E-state index contributed by atoms with van der Waals surface area (Å²) in [5.41, 5.74) is 1.08. The molecule has 3 N–H and O–H groups in total. The van der Waals surface area contributed by atoms with Gasteiger partial charge in [0.2, 0.25) is 5.91 Å². The summed E-state index contributed by atoms with van der Waals surface area (Å²) in [5, 5.41) is 18.1. The van der Waals surface area contributed by atoms with E-state index in [1.807, 2.05) is 56.3 Å². The van der Waals surface area contributed by atoms with Crippen LogP contribution in [0.3, 0.4) is 0 Å². The summed E-state index contributed by atoms with van der Waals surface area (Å²) in [6.45, 7) is 11.0. The van der Waals surface area contributed by atoms with Gasteiger partial charge in [0.15, 0.2) is 0 Å². The quantitative estimate of drug-likeness (QED) is 0.259. The smallest absolute Gasteiger partial charge is 0.408 e. The fraction of sp³-hybridized carbons (Fsp3) is 0.441. The van der Waals surface area contributed by atoms with E-state index in [0.29, 0.717) is 23.2 Å². The van der Waals surface area contributed by atoms with Crippen LogP contribution in [0, 0.1) is 12.8 Å². The molecule has 1 aliphatic rings. The third-order valence-electron chi connectivity index (χ3n) is 7.50. The highest BCUT2D eigenvalue weighted by molar-refractivity contribution is 6.00. The van der Waals surface area contributed by atoms with Gasteiger partial charge in [0.1, 0.15) is 23.4 Å². The first-order valence-electron chi connectivity index (χ1n) is 14.7. The van der Waals surface area contributed by atoms with E-state index in [9.17, 15) is 19.5 Å². The summed E-state index contributed by atoms with van der Waals surface area (Å²) in [7, 11) is 0. The van der Waals surface area contributed by atoms with Crippen LogP contribution >= 0.6 is 0 Å². The molecule has 0 spiro atoms. The molecule has 1 saturated carbocycles. The Hall–Kier alpha value is -4.07. The minimum atomic E-state index is -0.983. The molecule has 0 bridgehead atoms. The number of amides is 3. The molecule has 42 heavy (non-hydrogen) atoms. The number of aryl methyl sites for hydroxylation is 1. The van der Waals surface area contributed by atoms with Crippen molar-refractivity contribution < 1.29 is 24.2 Å². The van der Waals surface area contributed by atoms with Crippen molar-refractivity contribution in [1.29, 1.82) is 0 Å². The Kier molecular flexibility index (Phi) is 9.44. The average molecular weight is 574 g/mol. The summed E-state index contributed by atoms with van der Waals surface area (Å²) >= 11 is 0. The number of carbonyl (C=O) groups is 3. The third kappa shape index (κ3) is 7.60. The second-order valence-electron chi connectivity index (χ2n) is 12.7. The monoisotopic (exact) mass is 573 g/mol. The molecular weight excluding hydrogens is 530 g/mol. The largest absolute Gasteiger partial charge is 0.508 e. The van der Waals surface area contributed by atoms with Crippen LogP contribution in [-0.4, -0.2) is 45.6 Å². The van der Waals surface area contributed by atoms with Crippen molar-refractivity contribution in [2.24, 2.45) is 5.92 Å². The average Bonchev–Trinajstić information content (AvgIpc) is 2.87. The van der Waals surface area contributed by atoms with Crippen molar-refractivity contribution in [3.05, 3.63) is 71.8 Å². The molecule has 1 fully saturated rings. The van der Waals surface area contributed by atoms with Crippen LogP contribution in [0.1, 0.15) is 77.5 Å². The molecule has 0 aromatic heterocycles. The lowest BCUT2D eigenvalue weighted by Gasteiger charge is -2.44. The van der Waals surface area contributed by atoms with Crippen molar-refractivity contribution >= 4 is 34.4 Å². The summed E-state index contributed by atoms with van der Waals surface area (Å²) < 4.78 is 5.49. The van der Waals surface area contributed by atoms with Gasteiger partial charge < -0.3 is 25.4 Å². The highest BCUT2D eigenvalue weighted by Crippen LogP contribution is 2.36. The van der Waals surface area contributed by atoms with Crippen LogP contribution in [0.2, 0.25) is 0 Å². The number of benzene rings is 3. The SMILES string of the molecule is Cc1cc(C(C(=O)Nc2ccc3ccccc3c2)N(C(=O)C(CC(C)C)NC(=O)OC(C)(C)C)C2CCC2)ccc1O. The molecule has 3 amide bonds. The number of anilines is 1. The standard InChI is InChI=1S/C34H43N3O5/c1-21(2)18-28(36-33(41)42-34(4,5)6)32(40)37(27-12-9-13-27)30(25-15-17-29(38)22(3)19-25)31(39)35-26-16-14-23-10-7-8-11-24(23)20-26/h7-8,10-11,14-17,19-21,27-28,30,38H,9,12-13,18H2,1-6H3,(H,35,39)(H,36,41). The Morgan fingerprint density at radius 3 is 2.29 bits per heavy atom. The molecule has 2 unspecified atom stereocenters. The fourth-order valence-corrected chi connectivity index (χ4v) is 5.27. The number of rotatable bonds is 9. The van der Waals surface area contributed by atoms with Crippen molar-refractivity contribution in [2.45, 2.75) is 91.0 Å². The Morgan fingerprint density at radius 1 is 1.00 bits per heavy atom. The number of aromatic hydroxyl groups is 1. The van der Waals surface area contributed by atoms with E-state index in [1.54, 1.807) is 50.8 Å². The minimum Gasteiger partial charge on any atom is -0.508 e. The van der Waals surface area contributed by atoms with E-state index in [-0.39, 0.29) is 29.5 Å². The highest BCUT2D eigenvalue weighted by atomic mass is 16.6. The van der Waals surface area contributed by atoms with Crippen LogP contribution in [0.5, 0.6) is 5.75 Å². The predicted octanol–water partition coefficient (Wildman–Crippen LogP) is 6.85. The third-order valence-corrected chi connectivity index (χ3v) is 7.50. The van der Waals surface area contributed by atoms with Gasteiger partial charge in [0, 0.05) is 11.7 Å². The van der Waals surface area contributed by atoms with E-state index in [1.165, 1.54) is 0 Å². The maximum Gasteiger partial charge on any atom is 0.408 e. The Morgan fingerprint density at radius 2 is 1.69 bits per heavy atom. The molecule has 0 radical (unpaired) electrons. The Balaban J connectivity index is 1.74. The van der Waals surface area contributed by atoms with Crippen molar-refractivity contribution in [2.75, 3.05) is 5.32 Å². The number of nitrogens with zero attached hydrogens (tertiary/aromatic N) is 1. The van der Waals surface area contributed by atoms with Crippen LogP contribution in [-0.2, 0) is 14.3 Å². The first kappa shape index (κ1) is 30.9. The lowest BCUT2D eigenvalue weighted by atomic mass is 9.87. The number of ether oxygens (including phenoxy) is 1. The molecule has 1 aliphatic carbocycles. The van der Waals surface area contributed by atoms with E-state index < -0.39 is 23.8 Å². The van der Waals surface area contributed by atoms with E-state index >= 15 is 0 Å². The minimum absolute atomic E-state index is 0.0953. The number of nitrogens with one attached hydrogen (secondary N) is 2. The molecule has 8 nitrogen and oxygen atoms in total. The molecule has 2 atom stereocenters. The summed E-state index contributed by atoms with van der Waals surface area (Å²) in [6.07, 6.45) is 2.16. The number of phenols is 1. The topological polar surface area (TPSA) is 108 Å². The van der Waals surface area contributed by atoms with Crippen LogP contribution < -0.4 is 10.6 Å². The van der Waals surface area contributed by atoms with Gasteiger partial charge in [-0.05, 0) is 105 Å². The molecule has 4 rings (SSSR count). The van der Waals surface area contributed by atoms with Gasteiger partial charge in [-0.15, -0.1) is 0 Å². The number of carbonyl (C=O) groups excluding carboxylic acids is 3. The number of hydrogen-bond donors (Lipinski definition) is 3. The predicted molar refractivity (Wildman–Crippen MR) is 165 cm³/mol. The van der Waals surface area contributed by atoms with Gasteiger partial charge in [0.05, 0.1) is 0 Å². The molecule has 0 aliphatic heterocycles. The maximum atomic E-state index is 14.4. The number of fused-ring (bicyclic) bond motifs is 1. The van der Waals surface area contributed by atoms with E-state index in [4.69, 9.17) is 4.74 Å². The molecule has 8 heteroatoms. The van der Waals surface area contributed by atoms with Crippen LogP contribution in [0.4, 0.5) is 10.5 Å². The zero-order chi connectivity index (χ0) is 30.6. The van der Waals surface area contributed by atoms with Gasteiger partial charge in [0.25, 0.3) is 5.91 Å². The first-order valence-corrected chi connectivity index (χ1v) is 14.7. The second kappa shape index (κ2) is 12.8. The van der Waals surface area contributed by atoms with Gasteiger partial charge in [-0.3, -0.25) is 9.59 Å². The Bertz CT molecular complexity index is 1440. The fourth-order valence-electron chi connectivity index (χ4n) is 5.27. The van der Waals surface area contributed by atoms with Gasteiger partial charge >= 0.3 is 6.09 Å². The second-order valence-corrected chi connectivity index (χ2v) is 12.7. The van der Waals surface area contributed by atoms with Crippen LogP contribution in [0.15, 0.2) is 60.7 Å². The van der Waals surface area contributed by atoms with Crippen molar-refractivity contribution in [1.82, 2.24) is 10.2 Å². The van der Waals surface area contributed by atoms with Crippen LogP contribution in [0.25, 0.3) is 10.8 Å². The number of alkyl carbamates (subject to hydrolysis) is 1. The van der Waals surface area contributed by atoms with Gasteiger partial charge in [-0.1, -0.05) is 50.2 Å². The zero-order valence-electron chi connectivity index (χ0n) is 25.4. The molecular formula is C34H43N3O5. The molecule has 0 heterocycles. The maximum absolute atomic E-state index is 14.4. The van der Waals surface area contributed by atoms with Crippen molar-refractivity contribution in [3.8, 4) is 5.75 Å². The molecule has 224 valence electrons. The highest BCUT2D eigenvalue weighted by Gasteiger charge is 2.42. The summed E-state index contributed by atoms with van der Waals surface area (Å²) in [5.74, 6) is -0.490. The number of hydrogen-bond acceptors (Lipinski definition) is 5. The summed E-state index contributed by atoms with van der Waals surface area (Å²) in [4.78, 5) is 43.1. The van der Waals surface area contributed by atoms with E-state index in [0.717, 1.165) is 30.0 Å². The van der Waals surface area contributed by atoms with Gasteiger partial charge in [-0.25, -0.2) is 4.79 Å². The molecule has 0 saturated heterocycles. The molecule has 3 aromatic carbocycles. The summed E-state index contributed by atoms with van der Waals surface area (Å²) in [6, 6.07) is 16.5. The van der Waals surface area contributed by atoms with Crippen molar-refractivity contribution in [3.63, 3.8) is 0 Å². The molecule has 3 aromatic rings. The first-order chi connectivity index (χ1) is 19.8. The normalized spacial score (nSPS) is 15.0.